The predicted molar refractivity (Wildman–Crippen MR) is 86.1 cm³/mol. The molecular formula is C17H16FN5O. The Morgan fingerprint density at radius 3 is 2.58 bits per heavy atom. The minimum atomic E-state index is -0.298. The van der Waals surface area contributed by atoms with Gasteiger partial charge in [-0.2, -0.15) is 0 Å². The van der Waals surface area contributed by atoms with Crippen molar-refractivity contribution in [3.8, 4) is 5.82 Å². The first-order chi connectivity index (χ1) is 11.7. The molecule has 0 unspecified atom stereocenters. The highest BCUT2D eigenvalue weighted by Gasteiger charge is 2.15. The molecule has 1 atom stereocenters. The first-order valence-electron chi connectivity index (χ1n) is 7.54. The molecule has 1 aromatic carbocycles. The van der Waals surface area contributed by atoms with Gasteiger partial charge in [0.15, 0.2) is 0 Å². The first-order valence-corrected chi connectivity index (χ1v) is 7.54. The first kappa shape index (κ1) is 15.8. The second-order valence-electron chi connectivity index (χ2n) is 5.26. The van der Waals surface area contributed by atoms with E-state index in [4.69, 9.17) is 0 Å². The Morgan fingerprint density at radius 2 is 1.92 bits per heavy atom. The Bertz CT molecular complexity index is 817. The van der Waals surface area contributed by atoms with Crippen LogP contribution in [-0.4, -0.2) is 25.7 Å². The van der Waals surface area contributed by atoms with Crippen LogP contribution < -0.4 is 5.32 Å². The summed E-state index contributed by atoms with van der Waals surface area (Å²) in [5, 5.41) is 10.4. The molecule has 1 N–H and O–H groups in total. The molecule has 1 amide bonds. The molecular weight excluding hydrogens is 309 g/mol. The summed E-state index contributed by atoms with van der Waals surface area (Å²) in [5.74, 6) is 0.0398. The van der Waals surface area contributed by atoms with Crippen LogP contribution in [0.15, 0.2) is 55.2 Å². The zero-order valence-electron chi connectivity index (χ0n) is 13.1. The lowest BCUT2D eigenvalue weighted by Gasteiger charge is -2.17. The second kappa shape index (κ2) is 6.99. The van der Waals surface area contributed by atoms with Crippen molar-refractivity contribution in [2.45, 2.75) is 19.4 Å². The van der Waals surface area contributed by atoms with Crippen LogP contribution >= 0.6 is 0 Å². The Hall–Kier alpha value is -3.09. The lowest BCUT2D eigenvalue weighted by molar-refractivity contribution is 0.0935. The van der Waals surface area contributed by atoms with E-state index in [2.05, 4.69) is 20.5 Å². The fourth-order valence-electron chi connectivity index (χ4n) is 2.38. The molecule has 3 rings (SSSR count). The number of hydrogen-bond donors (Lipinski definition) is 1. The van der Waals surface area contributed by atoms with E-state index in [1.165, 1.54) is 24.8 Å². The smallest absolute Gasteiger partial charge is 0.251 e. The molecule has 0 bridgehead atoms. The Balaban J connectivity index is 1.78. The summed E-state index contributed by atoms with van der Waals surface area (Å²) >= 11 is 0. The highest BCUT2D eigenvalue weighted by Crippen LogP contribution is 2.18. The fraction of sp³-hybridized carbons (Fsp3) is 0.176. The van der Waals surface area contributed by atoms with E-state index in [-0.39, 0.29) is 17.8 Å². The van der Waals surface area contributed by atoms with Gasteiger partial charge in [-0.3, -0.25) is 9.36 Å². The molecule has 0 radical (unpaired) electrons. The SMILES string of the molecule is CC[C@@H](NC(=O)c1ccnc(-n2cnnc2)c1)c1ccc(F)cc1. The van der Waals surface area contributed by atoms with Crippen LogP contribution in [0.5, 0.6) is 0 Å². The topological polar surface area (TPSA) is 72.7 Å². The molecule has 2 aromatic heterocycles. The van der Waals surface area contributed by atoms with E-state index in [1.54, 1.807) is 35.0 Å². The fourth-order valence-corrected chi connectivity index (χ4v) is 2.38. The molecule has 0 saturated carbocycles. The molecule has 3 aromatic rings. The number of rotatable bonds is 5. The average molecular weight is 325 g/mol. The summed E-state index contributed by atoms with van der Waals surface area (Å²) in [6, 6.07) is 9.25. The third-order valence-electron chi connectivity index (χ3n) is 3.68. The van der Waals surface area contributed by atoms with Gasteiger partial charge >= 0.3 is 0 Å². The number of nitrogens with zero attached hydrogens (tertiary/aromatic N) is 4. The summed E-state index contributed by atoms with van der Waals surface area (Å²) in [7, 11) is 0. The maximum absolute atomic E-state index is 13.1. The normalized spacial score (nSPS) is 11.9. The van der Waals surface area contributed by atoms with Gasteiger partial charge in [-0.1, -0.05) is 19.1 Å². The number of carbonyl (C=O) groups excluding carboxylic acids is 1. The third-order valence-corrected chi connectivity index (χ3v) is 3.68. The molecule has 24 heavy (non-hydrogen) atoms. The minimum absolute atomic E-state index is 0.190. The number of pyridine rings is 1. The van der Waals surface area contributed by atoms with Crippen molar-refractivity contribution in [1.29, 1.82) is 0 Å². The van der Waals surface area contributed by atoms with E-state index in [0.717, 1.165) is 5.56 Å². The number of carbonyl (C=O) groups is 1. The summed E-state index contributed by atoms with van der Waals surface area (Å²) in [4.78, 5) is 16.7. The summed E-state index contributed by atoms with van der Waals surface area (Å²) in [6.45, 7) is 1.96. The van der Waals surface area contributed by atoms with Crippen LogP contribution in [0.2, 0.25) is 0 Å². The molecule has 0 aliphatic heterocycles. The second-order valence-corrected chi connectivity index (χ2v) is 5.26. The van der Waals surface area contributed by atoms with E-state index in [1.807, 2.05) is 6.92 Å². The van der Waals surface area contributed by atoms with Crippen molar-refractivity contribution in [3.05, 3.63) is 72.2 Å². The van der Waals surface area contributed by atoms with Crippen LogP contribution in [0.4, 0.5) is 4.39 Å². The van der Waals surface area contributed by atoms with Crippen LogP contribution in [0, 0.1) is 5.82 Å². The quantitative estimate of drug-likeness (QED) is 0.783. The van der Waals surface area contributed by atoms with Crippen molar-refractivity contribution >= 4 is 5.91 Å². The maximum atomic E-state index is 13.1. The molecule has 0 aliphatic carbocycles. The molecule has 122 valence electrons. The van der Waals surface area contributed by atoms with Gasteiger partial charge in [0.25, 0.3) is 5.91 Å². The highest BCUT2D eigenvalue weighted by atomic mass is 19.1. The predicted octanol–water partition coefficient (Wildman–Crippen LogP) is 2.68. The van der Waals surface area contributed by atoms with Gasteiger partial charge in [-0.05, 0) is 36.2 Å². The molecule has 6 nitrogen and oxygen atoms in total. The standard InChI is InChI=1S/C17H16FN5O/c1-2-15(12-3-5-14(18)6-4-12)22-17(24)13-7-8-19-16(9-13)23-10-20-21-11-23/h3-11,15H,2H2,1H3,(H,22,24)/t15-/m1/s1. The Labute approximate surface area is 138 Å². The summed E-state index contributed by atoms with van der Waals surface area (Å²) in [6.07, 6.45) is 5.28. The van der Waals surface area contributed by atoms with Crippen molar-refractivity contribution in [2.24, 2.45) is 0 Å². The number of nitrogens with one attached hydrogen (secondary N) is 1. The molecule has 0 saturated heterocycles. The van der Waals surface area contributed by atoms with Crippen LogP contribution in [0.1, 0.15) is 35.3 Å². The number of amides is 1. The van der Waals surface area contributed by atoms with Gasteiger partial charge in [0.2, 0.25) is 0 Å². The van der Waals surface area contributed by atoms with Gasteiger partial charge in [-0.15, -0.1) is 10.2 Å². The molecule has 2 heterocycles. The highest BCUT2D eigenvalue weighted by molar-refractivity contribution is 5.94. The van der Waals surface area contributed by atoms with Gasteiger partial charge in [0.05, 0.1) is 6.04 Å². The number of benzene rings is 1. The lowest BCUT2D eigenvalue weighted by Crippen LogP contribution is -2.28. The van der Waals surface area contributed by atoms with Crippen LogP contribution in [0.25, 0.3) is 5.82 Å². The van der Waals surface area contributed by atoms with Crippen LogP contribution in [0.3, 0.4) is 0 Å². The number of halogens is 1. The van der Waals surface area contributed by atoms with Crippen molar-refractivity contribution in [2.75, 3.05) is 0 Å². The van der Waals surface area contributed by atoms with Gasteiger partial charge in [-0.25, -0.2) is 9.37 Å². The largest absolute Gasteiger partial charge is 0.345 e. The van der Waals surface area contributed by atoms with Gasteiger partial charge in [0.1, 0.15) is 24.3 Å². The van der Waals surface area contributed by atoms with Crippen molar-refractivity contribution in [1.82, 2.24) is 25.1 Å². The number of aromatic nitrogens is 4. The van der Waals surface area contributed by atoms with E-state index >= 15 is 0 Å². The van der Waals surface area contributed by atoms with Crippen LogP contribution in [-0.2, 0) is 0 Å². The molecule has 7 heteroatoms. The minimum Gasteiger partial charge on any atom is -0.345 e. The average Bonchev–Trinajstić information content (AvgIpc) is 3.15. The lowest BCUT2D eigenvalue weighted by atomic mass is 10.0. The summed E-state index contributed by atoms with van der Waals surface area (Å²) in [5.41, 5.74) is 1.34. The van der Waals surface area contributed by atoms with E-state index in [9.17, 15) is 9.18 Å². The zero-order valence-corrected chi connectivity index (χ0v) is 13.1. The third kappa shape index (κ3) is 3.45. The Kier molecular flexibility index (Phi) is 4.60. The van der Waals surface area contributed by atoms with E-state index < -0.39 is 0 Å². The van der Waals surface area contributed by atoms with E-state index in [0.29, 0.717) is 17.8 Å². The summed E-state index contributed by atoms with van der Waals surface area (Å²) < 4.78 is 14.7. The molecule has 0 fully saturated rings. The van der Waals surface area contributed by atoms with Gasteiger partial charge < -0.3 is 5.32 Å². The van der Waals surface area contributed by atoms with Crippen molar-refractivity contribution < 1.29 is 9.18 Å². The zero-order chi connectivity index (χ0) is 16.9. The van der Waals surface area contributed by atoms with Gasteiger partial charge in [0, 0.05) is 11.8 Å². The monoisotopic (exact) mass is 325 g/mol. The maximum Gasteiger partial charge on any atom is 0.251 e. The Morgan fingerprint density at radius 1 is 1.21 bits per heavy atom. The number of hydrogen-bond acceptors (Lipinski definition) is 4. The molecule has 0 aliphatic rings. The molecule has 0 spiro atoms. The van der Waals surface area contributed by atoms with Crippen molar-refractivity contribution in [3.63, 3.8) is 0 Å².